The van der Waals surface area contributed by atoms with E-state index in [1.807, 2.05) is 32.6 Å². The Morgan fingerprint density at radius 1 is 0.449 bits per heavy atom. The van der Waals surface area contributed by atoms with E-state index in [0.717, 1.165) is 71.4 Å². The summed E-state index contributed by atoms with van der Waals surface area (Å²) in [5.41, 5.74) is 13.5. The highest BCUT2D eigenvalue weighted by molar-refractivity contribution is 9.10. The molecule has 2 aliphatic carbocycles. The van der Waals surface area contributed by atoms with Gasteiger partial charge in [0.2, 0.25) is 0 Å². The van der Waals surface area contributed by atoms with E-state index in [0.29, 0.717) is 49.0 Å². The predicted octanol–water partition coefficient (Wildman–Crippen LogP) is 18.2. The SMILES string of the molecule is CCCCCCC1(CCCCCC)c2cc(Br)ccc2-c2ccc(C3=C4C(=O)N(C(COCC)OCC)C(c5ccc6c(c5)C(CCCCCC)(CCCCCC)c5cc(Br)ccc5-6)=C4C(=O)N3CC(OCC)OCC)cc21. The number of unbranched alkanes of at least 4 members (excludes halogenated alkanes) is 12. The van der Waals surface area contributed by atoms with Crippen LogP contribution < -0.4 is 0 Å². The third-order valence-corrected chi connectivity index (χ3v) is 18.3. The standard InChI is InChI=1S/C68H90Br2N2O6/c1-9-17-21-25-37-67(38-26-22-18-10-2)55-41-47(29-33-51(55)53-35-31-49(69)43-57(53)67)63-61-62(65(73)71(63)45-60(77-15-7)78-16-8)64(72(66(61)74)59(76-14-6)46-75-13-5)48-30-34-52-54-36-32-50(70)44-58(54)68(56(52)42-48,39-27-23-19-11-3)40-28-24-20-12-4/h29-36,41-44,59-60H,9-28,37-40,45-46H2,1-8H3. The maximum Gasteiger partial charge on any atom is 0.263 e. The van der Waals surface area contributed by atoms with Crippen LogP contribution in [0.25, 0.3) is 33.6 Å². The van der Waals surface area contributed by atoms with E-state index in [1.165, 1.54) is 122 Å². The number of hydrogen-bond donors (Lipinski definition) is 0. The molecular formula is C68H90Br2N2O6. The summed E-state index contributed by atoms with van der Waals surface area (Å²) in [6, 6.07) is 27.2. The molecule has 78 heavy (non-hydrogen) atoms. The van der Waals surface area contributed by atoms with Crippen LogP contribution in [0.2, 0.25) is 0 Å². The van der Waals surface area contributed by atoms with Gasteiger partial charge in [-0.3, -0.25) is 14.5 Å². The van der Waals surface area contributed by atoms with Crippen molar-refractivity contribution < 1.29 is 28.5 Å². The minimum atomic E-state index is -0.786. The van der Waals surface area contributed by atoms with Crippen LogP contribution in [0, 0.1) is 0 Å². The molecule has 4 aromatic rings. The van der Waals surface area contributed by atoms with Gasteiger partial charge in [0, 0.05) is 46.2 Å². The van der Waals surface area contributed by atoms with Gasteiger partial charge in [-0.15, -0.1) is 0 Å². The van der Waals surface area contributed by atoms with Gasteiger partial charge in [0.25, 0.3) is 11.8 Å². The molecule has 2 amide bonds. The van der Waals surface area contributed by atoms with Gasteiger partial charge in [0.15, 0.2) is 12.5 Å². The number of halogens is 2. The van der Waals surface area contributed by atoms with Crippen LogP contribution >= 0.6 is 31.9 Å². The fourth-order valence-electron chi connectivity index (χ4n) is 13.7. The molecule has 0 radical (unpaired) electrons. The number of rotatable bonds is 34. The van der Waals surface area contributed by atoms with Crippen molar-refractivity contribution in [2.75, 3.05) is 39.6 Å². The molecule has 8 nitrogen and oxygen atoms in total. The third-order valence-electron chi connectivity index (χ3n) is 17.3. The maximum absolute atomic E-state index is 16.3. The zero-order valence-corrected chi connectivity index (χ0v) is 51.7. The second-order valence-corrected chi connectivity index (χ2v) is 24.1. The normalized spacial score (nSPS) is 16.2. The fourth-order valence-corrected chi connectivity index (χ4v) is 14.4. The lowest BCUT2D eigenvalue weighted by Crippen LogP contribution is -2.43. The maximum atomic E-state index is 16.3. The largest absolute Gasteiger partial charge is 0.377 e. The van der Waals surface area contributed by atoms with E-state index < -0.39 is 12.5 Å². The molecule has 0 fully saturated rings. The van der Waals surface area contributed by atoms with Gasteiger partial charge in [0.1, 0.15) is 0 Å². The molecule has 4 aliphatic rings. The number of amides is 2. The van der Waals surface area contributed by atoms with E-state index in [4.69, 9.17) is 18.9 Å². The third kappa shape index (κ3) is 12.2. The Morgan fingerprint density at radius 3 is 1.26 bits per heavy atom. The van der Waals surface area contributed by atoms with Crippen molar-refractivity contribution in [3.05, 3.63) is 126 Å². The summed E-state index contributed by atoms with van der Waals surface area (Å²) >= 11 is 7.81. The van der Waals surface area contributed by atoms with Gasteiger partial charge in [-0.05, 0) is 145 Å². The van der Waals surface area contributed by atoms with Gasteiger partial charge in [0.05, 0.1) is 35.7 Å². The fraction of sp³-hybridized carbons (Fsp3) is 0.559. The second kappa shape index (κ2) is 28.2. The quantitative estimate of drug-likeness (QED) is 0.0343. The van der Waals surface area contributed by atoms with Crippen molar-refractivity contribution in [3.8, 4) is 22.3 Å². The number of carbonyl (C=O) groups is 2. The van der Waals surface area contributed by atoms with Crippen molar-refractivity contribution in [1.82, 2.24) is 9.80 Å². The first-order valence-corrected chi connectivity index (χ1v) is 32.1. The van der Waals surface area contributed by atoms with Crippen molar-refractivity contribution in [2.24, 2.45) is 0 Å². The van der Waals surface area contributed by atoms with Gasteiger partial charge >= 0.3 is 0 Å². The summed E-state index contributed by atoms with van der Waals surface area (Å²) in [7, 11) is 0. The van der Waals surface area contributed by atoms with E-state index in [9.17, 15) is 0 Å². The molecule has 2 heterocycles. The van der Waals surface area contributed by atoms with Crippen LogP contribution in [0.1, 0.15) is 217 Å². The van der Waals surface area contributed by atoms with E-state index >= 15 is 9.59 Å². The Balaban J connectivity index is 1.40. The first-order valence-electron chi connectivity index (χ1n) is 30.5. The zero-order valence-electron chi connectivity index (χ0n) is 48.6. The highest BCUT2D eigenvalue weighted by atomic mass is 79.9. The molecule has 0 N–H and O–H groups in total. The summed E-state index contributed by atoms with van der Waals surface area (Å²) in [6.07, 6.45) is 21.3. The first kappa shape index (κ1) is 60.2. The summed E-state index contributed by atoms with van der Waals surface area (Å²) < 4.78 is 27.5. The van der Waals surface area contributed by atoms with Crippen molar-refractivity contribution in [3.63, 3.8) is 0 Å². The Hall–Kier alpha value is -3.90. The van der Waals surface area contributed by atoms with Gasteiger partial charge < -0.3 is 23.8 Å². The first-order chi connectivity index (χ1) is 38.0. The summed E-state index contributed by atoms with van der Waals surface area (Å²) in [4.78, 5) is 36.1. The topological polar surface area (TPSA) is 77.5 Å². The van der Waals surface area contributed by atoms with Crippen LogP contribution in [0.5, 0.6) is 0 Å². The molecule has 0 spiro atoms. The Bertz CT molecular complexity index is 2750. The van der Waals surface area contributed by atoms with Gasteiger partial charge in [-0.1, -0.05) is 199 Å². The summed E-state index contributed by atoms with van der Waals surface area (Å²) in [5.74, 6) is -0.497. The number of nitrogens with zero attached hydrogens (tertiary/aromatic N) is 2. The molecule has 1 unspecified atom stereocenters. The van der Waals surface area contributed by atoms with Crippen LogP contribution in [0.4, 0.5) is 0 Å². The Morgan fingerprint density at radius 2 is 0.846 bits per heavy atom. The molecule has 0 bridgehead atoms. The average molecular weight is 1190 g/mol. The molecule has 10 heteroatoms. The lowest BCUT2D eigenvalue weighted by atomic mass is 9.70. The lowest BCUT2D eigenvalue weighted by Gasteiger charge is -2.35. The van der Waals surface area contributed by atoms with Gasteiger partial charge in [-0.2, -0.15) is 0 Å². The molecular weight excluding hydrogens is 1100 g/mol. The highest BCUT2D eigenvalue weighted by Crippen LogP contribution is 2.59. The average Bonchev–Trinajstić information content (AvgIpc) is 4.31. The molecule has 422 valence electrons. The monoisotopic (exact) mass is 1190 g/mol. The minimum absolute atomic E-state index is 0.119. The Labute approximate surface area is 485 Å². The van der Waals surface area contributed by atoms with Crippen molar-refractivity contribution >= 4 is 55.1 Å². The number of fused-ring (bicyclic) bond motifs is 7. The number of carbonyl (C=O) groups excluding carboxylic acids is 2. The van der Waals surface area contributed by atoms with Crippen molar-refractivity contribution in [1.29, 1.82) is 0 Å². The van der Waals surface area contributed by atoms with Crippen LogP contribution in [-0.2, 0) is 39.4 Å². The van der Waals surface area contributed by atoms with Crippen molar-refractivity contribution in [2.45, 2.75) is 207 Å². The minimum Gasteiger partial charge on any atom is -0.377 e. The van der Waals surface area contributed by atoms with Crippen LogP contribution in [-0.4, -0.2) is 73.7 Å². The molecule has 2 aliphatic heterocycles. The second-order valence-electron chi connectivity index (χ2n) is 22.3. The van der Waals surface area contributed by atoms with Gasteiger partial charge in [-0.25, -0.2) is 0 Å². The molecule has 8 rings (SSSR count). The van der Waals surface area contributed by atoms with E-state index in [1.54, 1.807) is 4.90 Å². The highest BCUT2D eigenvalue weighted by Gasteiger charge is 2.53. The smallest absolute Gasteiger partial charge is 0.263 e. The molecule has 4 aromatic carbocycles. The lowest BCUT2D eigenvalue weighted by molar-refractivity contribution is -0.150. The van der Waals surface area contributed by atoms with Crippen LogP contribution in [0.15, 0.2) is 92.9 Å². The number of benzene rings is 4. The zero-order chi connectivity index (χ0) is 55.4. The van der Waals surface area contributed by atoms with E-state index in [-0.39, 0.29) is 35.8 Å². The Kier molecular flexibility index (Phi) is 21.8. The molecule has 1 atom stereocenters. The summed E-state index contributed by atoms with van der Waals surface area (Å²) in [6.45, 7) is 18.8. The van der Waals surface area contributed by atoms with Crippen LogP contribution in [0.3, 0.4) is 0 Å². The summed E-state index contributed by atoms with van der Waals surface area (Å²) in [5, 5.41) is 0. The predicted molar refractivity (Wildman–Crippen MR) is 327 cm³/mol. The number of ether oxygens (including phenoxy) is 4. The molecule has 0 saturated heterocycles. The number of hydrogen-bond acceptors (Lipinski definition) is 6. The molecule has 0 aromatic heterocycles. The molecule has 0 saturated carbocycles. The van der Waals surface area contributed by atoms with E-state index in [2.05, 4.69) is 132 Å².